The number of alkyl halides is 1. The maximum atomic E-state index is 12.4. The molecule has 0 radical (unpaired) electrons. The number of rotatable bonds is 1. The van der Waals surface area contributed by atoms with Crippen molar-refractivity contribution >= 4 is 6.29 Å². The van der Waals surface area contributed by atoms with E-state index in [1.165, 1.54) is 0 Å². The van der Waals surface area contributed by atoms with E-state index in [1.807, 2.05) is 0 Å². The van der Waals surface area contributed by atoms with E-state index in [2.05, 4.69) is 0 Å². The Bertz CT molecular complexity index is 105. The lowest BCUT2D eigenvalue weighted by Gasteiger charge is -2.20. The molecule has 0 aromatic heterocycles. The Morgan fingerprint density at radius 3 is 2.89 bits per heavy atom. The molecule has 0 N–H and O–H groups in total. The van der Waals surface area contributed by atoms with E-state index in [1.54, 1.807) is 0 Å². The highest BCUT2D eigenvalue weighted by Gasteiger charge is 2.20. The lowest BCUT2D eigenvalue weighted by atomic mass is 10.1. The molecule has 1 aliphatic heterocycles. The Kier molecular flexibility index (Phi) is 2.16. The highest BCUT2D eigenvalue weighted by atomic mass is 19.1. The second-order valence-electron chi connectivity index (χ2n) is 2.17. The van der Waals surface area contributed by atoms with Gasteiger partial charge in [-0.25, -0.2) is 4.39 Å². The molecule has 2 atom stereocenters. The second kappa shape index (κ2) is 2.92. The van der Waals surface area contributed by atoms with Crippen molar-refractivity contribution in [2.24, 2.45) is 0 Å². The van der Waals surface area contributed by atoms with Crippen LogP contribution in [0.2, 0.25) is 0 Å². The van der Waals surface area contributed by atoms with Gasteiger partial charge in [0.05, 0.1) is 6.61 Å². The fourth-order valence-corrected chi connectivity index (χ4v) is 0.880. The SMILES string of the molecule is O=CC1CC(F)CCO1. The van der Waals surface area contributed by atoms with Crippen LogP contribution < -0.4 is 0 Å². The van der Waals surface area contributed by atoms with Gasteiger partial charge in [0.15, 0.2) is 0 Å². The van der Waals surface area contributed by atoms with Gasteiger partial charge in [0.1, 0.15) is 18.6 Å². The highest BCUT2D eigenvalue weighted by Crippen LogP contribution is 2.14. The van der Waals surface area contributed by atoms with Crippen LogP contribution in [0.15, 0.2) is 0 Å². The van der Waals surface area contributed by atoms with Gasteiger partial charge in [-0.3, -0.25) is 0 Å². The molecule has 9 heavy (non-hydrogen) atoms. The summed E-state index contributed by atoms with van der Waals surface area (Å²) in [7, 11) is 0. The average molecular weight is 132 g/mol. The number of carbonyl (C=O) groups excluding carboxylic acids is 1. The van der Waals surface area contributed by atoms with Crippen molar-refractivity contribution in [2.75, 3.05) is 6.61 Å². The molecule has 1 fully saturated rings. The van der Waals surface area contributed by atoms with Crippen molar-refractivity contribution in [3.05, 3.63) is 0 Å². The van der Waals surface area contributed by atoms with E-state index >= 15 is 0 Å². The molecule has 0 bridgehead atoms. The predicted molar refractivity (Wildman–Crippen MR) is 29.9 cm³/mol. The lowest BCUT2D eigenvalue weighted by molar-refractivity contribution is -0.122. The second-order valence-corrected chi connectivity index (χ2v) is 2.17. The summed E-state index contributed by atoms with van der Waals surface area (Å²) in [5.74, 6) is 0. The molecule has 0 aliphatic carbocycles. The summed E-state index contributed by atoms with van der Waals surface area (Å²) in [6, 6.07) is 0. The number of carbonyl (C=O) groups is 1. The van der Waals surface area contributed by atoms with Gasteiger partial charge in [-0.1, -0.05) is 0 Å². The number of hydrogen-bond acceptors (Lipinski definition) is 2. The molecule has 1 heterocycles. The monoisotopic (exact) mass is 132 g/mol. The zero-order valence-corrected chi connectivity index (χ0v) is 5.05. The van der Waals surface area contributed by atoms with Crippen LogP contribution in [0.1, 0.15) is 12.8 Å². The summed E-state index contributed by atoms with van der Waals surface area (Å²) in [5.41, 5.74) is 0. The van der Waals surface area contributed by atoms with Crippen LogP contribution in [0.5, 0.6) is 0 Å². The van der Waals surface area contributed by atoms with E-state index < -0.39 is 12.3 Å². The summed E-state index contributed by atoms with van der Waals surface area (Å²) in [6.45, 7) is 0.380. The first kappa shape index (κ1) is 6.68. The summed E-state index contributed by atoms with van der Waals surface area (Å²) >= 11 is 0. The van der Waals surface area contributed by atoms with E-state index in [4.69, 9.17) is 4.74 Å². The molecule has 1 aliphatic rings. The Morgan fingerprint density at radius 2 is 2.44 bits per heavy atom. The van der Waals surface area contributed by atoms with Crippen molar-refractivity contribution in [1.29, 1.82) is 0 Å². The minimum absolute atomic E-state index is 0.240. The summed E-state index contributed by atoms with van der Waals surface area (Å²) < 4.78 is 17.3. The van der Waals surface area contributed by atoms with Gasteiger partial charge in [-0.2, -0.15) is 0 Å². The van der Waals surface area contributed by atoms with Crippen molar-refractivity contribution in [2.45, 2.75) is 25.1 Å². The first-order valence-electron chi connectivity index (χ1n) is 3.04. The molecule has 2 nitrogen and oxygen atoms in total. The third-order valence-electron chi connectivity index (χ3n) is 1.40. The zero-order chi connectivity index (χ0) is 6.69. The van der Waals surface area contributed by atoms with Gasteiger partial charge in [0.25, 0.3) is 0 Å². The van der Waals surface area contributed by atoms with Crippen LogP contribution in [-0.4, -0.2) is 25.2 Å². The molecule has 0 aromatic carbocycles. The maximum Gasteiger partial charge on any atom is 0.148 e. The van der Waals surface area contributed by atoms with Crippen LogP contribution in [0.25, 0.3) is 0 Å². The van der Waals surface area contributed by atoms with E-state index in [-0.39, 0.29) is 6.42 Å². The highest BCUT2D eigenvalue weighted by molar-refractivity contribution is 5.56. The van der Waals surface area contributed by atoms with Gasteiger partial charge in [-0.15, -0.1) is 0 Å². The van der Waals surface area contributed by atoms with Gasteiger partial charge in [0, 0.05) is 12.8 Å². The van der Waals surface area contributed by atoms with Crippen molar-refractivity contribution in [3.63, 3.8) is 0 Å². The van der Waals surface area contributed by atoms with E-state index in [0.29, 0.717) is 19.3 Å². The van der Waals surface area contributed by atoms with Crippen LogP contribution in [-0.2, 0) is 9.53 Å². The molecule has 0 saturated carbocycles. The summed E-state index contributed by atoms with van der Waals surface area (Å²) in [4.78, 5) is 10.0. The minimum atomic E-state index is -0.839. The number of ether oxygens (including phenoxy) is 1. The molecule has 52 valence electrons. The normalized spacial score (nSPS) is 36.1. The molecule has 0 spiro atoms. The number of hydrogen-bond donors (Lipinski definition) is 0. The third-order valence-corrected chi connectivity index (χ3v) is 1.40. The van der Waals surface area contributed by atoms with Gasteiger partial charge in [0.2, 0.25) is 0 Å². The maximum absolute atomic E-state index is 12.4. The fourth-order valence-electron chi connectivity index (χ4n) is 0.880. The smallest absolute Gasteiger partial charge is 0.148 e. The lowest BCUT2D eigenvalue weighted by Crippen LogP contribution is -2.27. The van der Waals surface area contributed by atoms with Crippen LogP contribution in [0.3, 0.4) is 0 Å². The largest absolute Gasteiger partial charge is 0.371 e. The average Bonchev–Trinajstić information content (AvgIpc) is 1.88. The van der Waals surface area contributed by atoms with E-state index in [9.17, 15) is 9.18 Å². The van der Waals surface area contributed by atoms with Gasteiger partial charge in [-0.05, 0) is 0 Å². The number of halogens is 1. The molecule has 0 amide bonds. The first-order chi connectivity index (χ1) is 4.33. The topological polar surface area (TPSA) is 26.3 Å². The van der Waals surface area contributed by atoms with Crippen LogP contribution in [0.4, 0.5) is 4.39 Å². The van der Waals surface area contributed by atoms with E-state index in [0.717, 1.165) is 0 Å². The Hall–Kier alpha value is -0.440. The van der Waals surface area contributed by atoms with Crippen molar-refractivity contribution in [3.8, 4) is 0 Å². The first-order valence-corrected chi connectivity index (χ1v) is 3.04. The Balaban J connectivity index is 2.31. The summed E-state index contributed by atoms with van der Waals surface area (Å²) in [5, 5.41) is 0. The van der Waals surface area contributed by atoms with Crippen LogP contribution in [0, 0.1) is 0 Å². The molecule has 2 unspecified atom stereocenters. The van der Waals surface area contributed by atoms with Crippen LogP contribution >= 0.6 is 0 Å². The molecular formula is C6H9FO2. The predicted octanol–water partition coefficient (Wildman–Crippen LogP) is 0.702. The van der Waals surface area contributed by atoms with Gasteiger partial charge >= 0.3 is 0 Å². The zero-order valence-electron chi connectivity index (χ0n) is 5.05. The van der Waals surface area contributed by atoms with Crippen molar-refractivity contribution in [1.82, 2.24) is 0 Å². The summed E-state index contributed by atoms with van der Waals surface area (Å²) in [6.07, 6.45) is 0.00208. The molecule has 3 heteroatoms. The standard InChI is InChI=1S/C6H9FO2/c7-5-1-2-9-6(3-5)4-8/h4-6H,1-3H2. The molecule has 1 saturated heterocycles. The fraction of sp³-hybridized carbons (Fsp3) is 0.833. The Labute approximate surface area is 53.0 Å². The quantitative estimate of drug-likeness (QED) is 0.491. The number of aldehydes is 1. The van der Waals surface area contributed by atoms with Crippen molar-refractivity contribution < 1.29 is 13.9 Å². The van der Waals surface area contributed by atoms with Gasteiger partial charge < -0.3 is 9.53 Å². The Morgan fingerprint density at radius 1 is 1.67 bits per heavy atom. The minimum Gasteiger partial charge on any atom is -0.371 e. The molecule has 0 aromatic rings. The molecular weight excluding hydrogens is 123 g/mol. The third kappa shape index (κ3) is 1.75. The molecule has 1 rings (SSSR count).